The van der Waals surface area contributed by atoms with Crippen LogP contribution in [0.1, 0.15) is 18.5 Å². The van der Waals surface area contributed by atoms with Crippen LogP contribution in [0.25, 0.3) is 0 Å². The highest BCUT2D eigenvalue weighted by Gasteiger charge is 2.12. The van der Waals surface area contributed by atoms with Gasteiger partial charge < -0.3 is 16.6 Å². The molecule has 0 radical (unpaired) electrons. The van der Waals surface area contributed by atoms with Crippen LogP contribution in [0, 0.1) is 0 Å². The van der Waals surface area contributed by atoms with Crippen LogP contribution in [0.3, 0.4) is 0 Å². The quantitative estimate of drug-likeness (QED) is 0.690. The highest BCUT2D eigenvalue weighted by Crippen LogP contribution is 2.24. The molecular formula is C9H13BrN2O. The standard InChI is InChI=1S/C9H13BrN2O/c1-5(13)9(12)6-2-3-7(10)8(11)4-6/h2-5,9,13H,11-12H2,1H3/t5-,9+/m1/s1. The number of nitrogens with two attached hydrogens (primary N) is 2. The number of aliphatic hydroxyl groups excluding tert-OH is 1. The van der Waals surface area contributed by atoms with Gasteiger partial charge in [0.05, 0.1) is 12.1 Å². The van der Waals surface area contributed by atoms with Crippen molar-refractivity contribution >= 4 is 21.6 Å². The van der Waals surface area contributed by atoms with Gasteiger partial charge in [-0.2, -0.15) is 0 Å². The summed E-state index contributed by atoms with van der Waals surface area (Å²) in [5.41, 5.74) is 12.9. The summed E-state index contributed by atoms with van der Waals surface area (Å²) < 4.78 is 0.842. The fourth-order valence-corrected chi connectivity index (χ4v) is 1.29. The summed E-state index contributed by atoms with van der Waals surface area (Å²) in [6, 6.07) is 5.06. The molecule has 0 saturated carbocycles. The SMILES string of the molecule is C[C@@H](O)[C@H](N)c1ccc(Br)c(N)c1. The number of anilines is 1. The molecule has 4 heteroatoms. The van der Waals surface area contributed by atoms with Gasteiger partial charge in [-0.3, -0.25) is 0 Å². The summed E-state index contributed by atoms with van der Waals surface area (Å²) in [7, 11) is 0. The predicted molar refractivity (Wildman–Crippen MR) is 57.2 cm³/mol. The second-order valence-electron chi connectivity index (χ2n) is 3.05. The molecule has 13 heavy (non-hydrogen) atoms. The Bertz CT molecular complexity index is 302. The number of hydrogen-bond donors (Lipinski definition) is 3. The lowest BCUT2D eigenvalue weighted by atomic mass is 10.0. The Morgan fingerprint density at radius 1 is 1.46 bits per heavy atom. The van der Waals surface area contributed by atoms with Crippen molar-refractivity contribution in [1.29, 1.82) is 0 Å². The maximum atomic E-state index is 9.26. The number of hydrogen-bond acceptors (Lipinski definition) is 3. The van der Waals surface area contributed by atoms with E-state index in [0.717, 1.165) is 10.0 Å². The van der Waals surface area contributed by atoms with Gasteiger partial charge in [0, 0.05) is 10.2 Å². The molecule has 1 aromatic rings. The summed E-state index contributed by atoms with van der Waals surface area (Å²) in [4.78, 5) is 0. The Balaban J connectivity index is 2.97. The smallest absolute Gasteiger partial charge is 0.0704 e. The Labute approximate surface area is 85.9 Å². The van der Waals surface area contributed by atoms with Crippen LogP contribution >= 0.6 is 15.9 Å². The minimum Gasteiger partial charge on any atom is -0.398 e. The molecule has 0 aliphatic heterocycles. The first-order valence-corrected chi connectivity index (χ1v) is 4.80. The molecule has 1 rings (SSSR count). The van der Waals surface area contributed by atoms with Crippen LogP contribution in [-0.2, 0) is 0 Å². The van der Waals surface area contributed by atoms with Crippen LogP contribution in [0.15, 0.2) is 22.7 Å². The summed E-state index contributed by atoms with van der Waals surface area (Å²) in [5, 5.41) is 9.26. The van der Waals surface area contributed by atoms with Crippen molar-refractivity contribution in [1.82, 2.24) is 0 Å². The molecule has 3 nitrogen and oxygen atoms in total. The molecule has 1 aromatic carbocycles. The Morgan fingerprint density at radius 2 is 2.08 bits per heavy atom. The Hall–Kier alpha value is -0.580. The third kappa shape index (κ3) is 2.43. The summed E-state index contributed by atoms with van der Waals surface area (Å²) in [6.45, 7) is 1.66. The molecule has 0 heterocycles. The first-order valence-electron chi connectivity index (χ1n) is 4.01. The van der Waals surface area contributed by atoms with E-state index >= 15 is 0 Å². The minimum absolute atomic E-state index is 0.379. The normalized spacial score (nSPS) is 15.4. The topological polar surface area (TPSA) is 72.3 Å². The van der Waals surface area contributed by atoms with Crippen LogP contribution < -0.4 is 11.5 Å². The first kappa shape index (κ1) is 10.5. The van der Waals surface area contributed by atoms with E-state index in [-0.39, 0.29) is 6.04 Å². The first-order chi connectivity index (χ1) is 6.02. The maximum Gasteiger partial charge on any atom is 0.0704 e. The number of aliphatic hydroxyl groups is 1. The van der Waals surface area contributed by atoms with Crippen molar-refractivity contribution in [2.75, 3.05) is 5.73 Å². The van der Waals surface area contributed by atoms with Crippen molar-refractivity contribution in [3.63, 3.8) is 0 Å². The van der Waals surface area contributed by atoms with Gasteiger partial charge in [0.15, 0.2) is 0 Å². The molecule has 0 aliphatic carbocycles. The minimum atomic E-state index is -0.569. The fourth-order valence-electron chi connectivity index (χ4n) is 1.05. The van der Waals surface area contributed by atoms with Gasteiger partial charge in [-0.25, -0.2) is 0 Å². The average molecular weight is 245 g/mol. The van der Waals surface area contributed by atoms with Gasteiger partial charge >= 0.3 is 0 Å². The second-order valence-corrected chi connectivity index (χ2v) is 3.90. The predicted octanol–water partition coefficient (Wildman–Crippen LogP) is 1.41. The number of nitrogen functional groups attached to an aromatic ring is 1. The largest absolute Gasteiger partial charge is 0.398 e. The monoisotopic (exact) mass is 244 g/mol. The van der Waals surface area contributed by atoms with E-state index in [2.05, 4.69) is 15.9 Å². The van der Waals surface area contributed by atoms with Crippen LogP contribution in [0.4, 0.5) is 5.69 Å². The lowest BCUT2D eigenvalue weighted by molar-refractivity contribution is 0.164. The van der Waals surface area contributed by atoms with Crippen molar-refractivity contribution < 1.29 is 5.11 Å². The van der Waals surface area contributed by atoms with Gasteiger partial charge in [-0.15, -0.1) is 0 Å². The molecule has 2 atom stereocenters. The molecule has 0 saturated heterocycles. The highest BCUT2D eigenvalue weighted by molar-refractivity contribution is 9.10. The van der Waals surface area contributed by atoms with Gasteiger partial charge in [-0.1, -0.05) is 6.07 Å². The van der Waals surface area contributed by atoms with Crippen LogP contribution in [0.2, 0.25) is 0 Å². The van der Waals surface area contributed by atoms with E-state index in [1.54, 1.807) is 13.0 Å². The number of rotatable bonds is 2. The van der Waals surface area contributed by atoms with Crippen molar-refractivity contribution in [2.45, 2.75) is 19.1 Å². The molecule has 0 aliphatic rings. The lowest BCUT2D eigenvalue weighted by Gasteiger charge is -2.15. The molecule has 0 spiro atoms. The third-order valence-corrected chi connectivity index (χ3v) is 2.65. The van der Waals surface area contributed by atoms with E-state index < -0.39 is 6.10 Å². The molecule has 0 aromatic heterocycles. The zero-order valence-electron chi connectivity index (χ0n) is 7.37. The summed E-state index contributed by atoms with van der Waals surface area (Å²) >= 11 is 3.29. The summed E-state index contributed by atoms with van der Waals surface area (Å²) in [5.74, 6) is 0. The van der Waals surface area contributed by atoms with Gasteiger partial charge in [0.2, 0.25) is 0 Å². The number of benzene rings is 1. The average Bonchev–Trinajstić information content (AvgIpc) is 2.08. The zero-order valence-corrected chi connectivity index (χ0v) is 8.95. The maximum absolute atomic E-state index is 9.26. The van der Waals surface area contributed by atoms with Crippen LogP contribution in [0.5, 0.6) is 0 Å². The molecule has 72 valence electrons. The van der Waals surface area contributed by atoms with Crippen molar-refractivity contribution in [3.8, 4) is 0 Å². The van der Waals surface area contributed by atoms with E-state index in [9.17, 15) is 5.11 Å². The lowest BCUT2D eigenvalue weighted by Crippen LogP contribution is -2.23. The molecule has 0 unspecified atom stereocenters. The van der Waals surface area contributed by atoms with E-state index in [1.807, 2.05) is 12.1 Å². The summed E-state index contributed by atoms with van der Waals surface area (Å²) in [6.07, 6.45) is -0.569. The van der Waals surface area contributed by atoms with Crippen molar-refractivity contribution in [2.24, 2.45) is 5.73 Å². The molecule has 0 fully saturated rings. The second kappa shape index (κ2) is 4.09. The zero-order chi connectivity index (χ0) is 10.0. The van der Waals surface area contributed by atoms with Gasteiger partial charge in [0.25, 0.3) is 0 Å². The molecule has 0 amide bonds. The van der Waals surface area contributed by atoms with Gasteiger partial charge in [0.1, 0.15) is 0 Å². The van der Waals surface area contributed by atoms with E-state index in [4.69, 9.17) is 11.5 Å². The third-order valence-electron chi connectivity index (χ3n) is 1.92. The van der Waals surface area contributed by atoms with E-state index in [0.29, 0.717) is 5.69 Å². The number of halogens is 1. The Kier molecular flexibility index (Phi) is 3.30. The molecular weight excluding hydrogens is 232 g/mol. The van der Waals surface area contributed by atoms with Gasteiger partial charge in [-0.05, 0) is 40.5 Å². The highest BCUT2D eigenvalue weighted by atomic mass is 79.9. The van der Waals surface area contributed by atoms with Crippen LogP contribution in [-0.4, -0.2) is 11.2 Å². The molecule has 5 N–H and O–H groups in total. The van der Waals surface area contributed by atoms with Crippen molar-refractivity contribution in [3.05, 3.63) is 28.2 Å². The fraction of sp³-hybridized carbons (Fsp3) is 0.333. The van der Waals surface area contributed by atoms with E-state index in [1.165, 1.54) is 0 Å². The molecule has 0 bridgehead atoms. The Morgan fingerprint density at radius 3 is 2.54 bits per heavy atom.